The number of carbonyl (C=O) groups is 1. The van der Waals surface area contributed by atoms with Gasteiger partial charge in [0.1, 0.15) is 5.60 Å². The molecule has 6 nitrogen and oxygen atoms in total. The third kappa shape index (κ3) is 13.0. The molecule has 0 saturated carbocycles. The molecule has 1 amide bonds. The van der Waals surface area contributed by atoms with E-state index in [0.29, 0.717) is 19.0 Å². The minimum Gasteiger partial charge on any atom is -0.444 e. The topological polar surface area (TPSA) is 59.4 Å². The highest BCUT2D eigenvalue weighted by Crippen LogP contribution is 2.39. The number of aromatic nitrogens is 2. The summed E-state index contributed by atoms with van der Waals surface area (Å²) in [7, 11) is 0. The van der Waals surface area contributed by atoms with Crippen LogP contribution in [0.3, 0.4) is 0 Å². The van der Waals surface area contributed by atoms with Crippen LogP contribution in [-0.4, -0.2) is 45.3 Å². The van der Waals surface area contributed by atoms with Gasteiger partial charge in [-0.2, -0.15) is 0 Å². The van der Waals surface area contributed by atoms with E-state index in [1.54, 1.807) is 0 Å². The Labute approximate surface area is 267 Å². The predicted octanol–water partition coefficient (Wildman–Crippen LogP) is 9.88. The minimum atomic E-state index is -0.483. The van der Waals surface area contributed by atoms with Crippen molar-refractivity contribution in [3.05, 3.63) is 83.6 Å². The molecule has 1 aromatic carbocycles. The lowest BCUT2D eigenvalue weighted by molar-refractivity contribution is 0.0171. The normalized spacial score (nSPS) is 17.0. The maximum atomic E-state index is 12.6. The molecule has 240 valence electrons. The first kappa shape index (κ1) is 38.0. The average molecular weight is 613 g/mol. The van der Waals surface area contributed by atoms with Crippen molar-refractivity contribution in [1.82, 2.24) is 19.8 Å². The Bertz CT molecular complexity index is 1110. The number of nitrogens with one attached hydrogen (secondary N) is 1. The lowest BCUT2D eigenvalue weighted by Gasteiger charge is -2.40. The molecular weight excluding hydrogens is 556 g/mol. The zero-order valence-corrected chi connectivity index (χ0v) is 28.9. The van der Waals surface area contributed by atoms with Crippen molar-refractivity contribution in [1.29, 1.82) is 0 Å². The summed E-state index contributed by atoms with van der Waals surface area (Å²) in [6.45, 7) is 20.1. The van der Waals surface area contributed by atoms with Gasteiger partial charge in [0.25, 0.3) is 0 Å². The number of carbonyl (C=O) groups excluding carboxylic acids is 1. The van der Waals surface area contributed by atoms with Crippen LogP contribution in [0.4, 0.5) is 4.79 Å². The average Bonchev–Trinajstić information content (AvgIpc) is 3.55. The van der Waals surface area contributed by atoms with E-state index in [-0.39, 0.29) is 18.1 Å². The second kappa shape index (κ2) is 20.8. The van der Waals surface area contributed by atoms with E-state index in [0.717, 1.165) is 37.3 Å². The Morgan fingerprint density at radius 3 is 2.40 bits per heavy atom. The fourth-order valence-corrected chi connectivity index (χ4v) is 5.39. The highest BCUT2D eigenvalue weighted by molar-refractivity contribution is 6.30. The number of halogens is 1. The van der Waals surface area contributed by atoms with Crippen LogP contribution in [0.25, 0.3) is 6.08 Å². The standard InChI is InChI=1S/C30H39ClN4O2.3C2H6/c1-30(2,3)37-29(36)35-18-13-23(14-19-35)28(27-10-6-7-15-33-27)26-12-11-25(31)21-24(26)9-5-4-8-17-34-20-16-32-22-34;3*1-2/h5-7,9-12,15-16,20-23,27-28,33H,4,8,13-14,17-19H2,1-3H3;3*1-2H3/b9-5+;;;. The number of rotatable bonds is 8. The number of aryl methyl sites for hydroxylation is 1. The van der Waals surface area contributed by atoms with Gasteiger partial charge in [0.2, 0.25) is 0 Å². The summed E-state index contributed by atoms with van der Waals surface area (Å²) in [5.41, 5.74) is 1.98. The fraction of sp³-hybridized carbons (Fsp3) is 0.556. The van der Waals surface area contributed by atoms with E-state index in [1.807, 2.05) is 104 Å². The molecule has 4 rings (SSSR count). The van der Waals surface area contributed by atoms with E-state index < -0.39 is 5.60 Å². The Kier molecular flexibility index (Phi) is 18.4. The smallest absolute Gasteiger partial charge is 0.410 e. The minimum absolute atomic E-state index is 0.178. The number of hydrogen-bond donors (Lipinski definition) is 1. The van der Waals surface area contributed by atoms with Crippen molar-refractivity contribution in [2.45, 2.75) is 112 Å². The molecule has 0 aliphatic carbocycles. The zero-order valence-electron chi connectivity index (χ0n) is 28.1. The van der Waals surface area contributed by atoms with Gasteiger partial charge in [0.15, 0.2) is 0 Å². The van der Waals surface area contributed by atoms with Crippen molar-refractivity contribution in [2.75, 3.05) is 13.1 Å². The SMILES string of the molecule is CC.CC.CC.CC(C)(C)OC(=O)N1CCC(C(c2ccc(Cl)cc2/C=C/CCCn2ccnc2)C2C=CC=CN2)CC1. The molecule has 0 radical (unpaired) electrons. The number of allylic oxidation sites excluding steroid dienone is 3. The summed E-state index contributed by atoms with van der Waals surface area (Å²) < 4.78 is 7.72. The molecule has 3 heterocycles. The van der Waals surface area contributed by atoms with Crippen LogP contribution in [-0.2, 0) is 11.3 Å². The van der Waals surface area contributed by atoms with Gasteiger partial charge in [-0.15, -0.1) is 0 Å². The maximum Gasteiger partial charge on any atom is 0.410 e. The molecule has 2 aliphatic rings. The zero-order chi connectivity index (χ0) is 32.3. The van der Waals surface area contributed by atoms with Gasteiger partial charge in [-0.05, 0) is 87.9 Å². The molecule has 1 N–H and O–H groups in total. The predicted molar refractivity (Wildman–Crippen MR) is 184 cm³/mol. The molecule has 0 spiro atoms. The van der Waals surface area contributed by atoms with E-state index in [2.05, 4.69) is 51.3 Å². The van der Waals surface area contributed by atoms with Gasteiger partial charge < -0.3 is 19.5 Å². The summed E-state index contributed by atoms with van der Waals surface area (Å²) in [6.07, 6.45) is 22.2. The number of hydrogen-bond acceptors (Lipinski definition) is 4. The van der Waals surface area contributed by atoms with Gasteiger partial charge in [-0.25, -0.2) is 9.78 Å². The van der Waals surface area contributed by atoms with Crippen molar-refractivity contribution in [3.8, 4) is 0 Å². The van der Waals surface area contributed by atoms with Crippen molar-refractivity contribution in [3.63, 3.8) is 0 Å². The largest absolute Gasteiger partial charge is 0.444 e. The van der Waals surface area contributed by atoms with Crippen LogP contribution in [0.15, 0.2) is 67.4 Å². The molecule has 2 atom stereocenters. The highest BCUT2D eigenvalue weighted by atomic mass is 35.5. The van der Waals surface area contributed by atoms with Crippen LogP contribution >= 0.6 is 11.6 Å². The molecule has 2 aromatic rings. The highest BCUT2D eigenvalue weighted by Gasteiger charge is 2.35. The van der Waals surface area contributed by atoms with Gasteiger partial charge in [0.05, 0.1) is 12.4 Å². The molecule has 2 unspecified atom stereocenters. The van der Waals surface area contributed by atoms with Crippen LogP contribution in [0.1, 0.15) is 105 Å². The van der Waals surface area contributed by atoms with Crippen molar-refractivity contribution < 1.29 is 9.53 Å². The van der Waals surface area contributed by atoms with Crippen LogP contribution in [0.5, 0.6) is 0 Å². The number of likely N-dealkylation sites (tertiary alicyclic amines) is 1. The first-order valence-corrected chi connectivity index (χ1v) is 16.7. The lowest BCUT2D eigenvalue weighted by atomic mass is 9.74. The Morgan fingerprint density at radius 2 is 1.81 bits per heavy atom. The monoisotopic (exact) mass is 612 g/mol. The number of benzene rings is 1. The molecule has 1 fully saturated rings. The second-order valence-corrected chi connectivity index (χ2v) is 11.3. The van der Waals surface area contributed by atoms with Gasteiger partial charge in [-0.3, -0.25) is 0 Å². The molecular formula is C36H57ClN4O2. The van der Waals surface area contributed by atoms with E-state index in [1.165, 1.54) is 11.1 Å². The van der Waals surface area contributed by atoms with Crippen molar-refractivity contribution >= 4 is 23.8 Å². The number of imidazole rings is 1. The summed E-state index contributed by atoms with van der Waals surface area (Å²) in [4.78, 5) is 18.6. The van der Waals surface area contributed by atoms with E-state index in [4.69, 9.17) is 16.3 Å². The van der Waals surface area contributed by atoms with Gasteiger partial charge >= 0.3 is 6.09 Å². The summed E-state index contributed by atoms with van der Waals surface area (Å²) in [6, 6.07) is 6.44. The second-order valence-electron chi connectivity index (χ2n) is 10.9. The lowest BCUT2D eigenvalue weighted by Crippen LogP contribution is -2.45. The number of piperidine rings is 1. The number of amides is 1. The van der Waals surface area contributed by atoms with Crippen molar-refractivity contribution in [2.24, 2.45) is 5.92 Å². The Balaban J connectivity index is 0.00000145. The summed E-state index contributed by atoms with van der Waals surface area (Å²) >= 11 is 6.46. The Hall–Kier alpha value is -2.99. The quantitative estimate of drug-likeness (QED) is 0.301. The summed E-state index contributed by atoms with van der Waals surface area (Å²) in [5.74, 6) is 0.673. The maximum absolute atomic E-state index is 12.6. The van der Waals surface area contributed by atoms with Crippen LogP contribution in [0, 0.1) is 5.92 Å². The van der Waals surface area contributed by atoms with E-state index >= 15 is 0 Å². The fourth-order valence-electron chi connectivity index (χ4n) is 5.21. The van der Waals surface area contributed by atoms with Gasteiger partial charge in [0, 0.05) is 43.0 Å². The number of nitrogens with zero attached hydrogens (tertiary/aromatic N) is 3. The first-order valence-electron chi connectivity index (χ1n) is 16.3. The van der Waals surface area contributed by atoms with Crippen LogP contribution in [0.2, 0.25) is 5.02 Å². The molecule has 1 aromatic heterocycles. The van der Waals surface area contributed by atoms with E-state index in [9.17, 15) is 4.79 Å². The van der Waals surface area contributed by atoms with Crippen LogP contribution < -0.4 is 5.32 Å². The summed E-state index contributed by atoms with van der Waals surface area (Å²) in [5, 5.41) is 4.32. The molecule has 43 heavy (non-hydrogen) atoms. The first-order chi connectivity index (χ1) is 20.8. The third-order valence-electron chi connectivity index (χ3n) is 6.95. The number of dihydropyridines is 1. The molecule has 2 aliphatic heterocycles. The molecule has 7 heteroatoms. The van der Waals surface area contributed by atoms with Gasteiger partial charge in [-0.1, -0.05) is 83.5 Å². The molecule has 0 bridgehead atoms. The molecule has 1 saturated heterocycles. The third-order valence-corrected chi connectivity index (χ3v) is 7.19. The Morgan fingerprint density at radius 1 is 1.12 bits per heavy atom. The number of ether oxygens (including phenoxy) is 1. The number of unbranched alkanes of at least 4 members (excludes halogenated alkanes) is 1.